The van der Waals surface area contributed by atoms with Gasteiger partial charge in [-0.25, -0.2) is 0 Å². The van der Waals surface area contributed by atoms with Crippen LogP contribution in [-0.4, -0.2) is 46.7 Å². The normalized spacial score (nSPS) is 21.5. The van der Waals surface area contributed by atoms with E-state index in [2.05, 4.69) is 5.32 Å². The van der Waals surface area contributed by atoms with Crippen LogP contribution >= 0.6 is 11.6 Å². The minimum Gasteiger partial charge on any atom is -0.493 e. The number of hydrogen-bond donors (Lipinski definition) is 1. The first kappa shape index (κ1) is 16.4. The smallest absolute Gasteiger partial charge is 0.179 e. The van der Waals surface area contributed by atoms with Crippen LogP contribution in [0.1, 0.15) is 12.0 Å². The molecule has 1 unspecified atom stereocenters. The summed E-state index contributed by atoms with van der Waals surface area (Å²) in [6.45, 7) is 2.78. The Morgan fingerprint density at radius 2 is 2.10 bits per heavy atom. The third-order valence-electron chi connectivity index (χ3n) is 3.77. The molecule has 1 heterocycles. The van der Waals surface area contributed by atoms with Crippen molar-refractivity contribution in [3.8, 4) is 11.5 Å². The lowest BCUT2D eigenvalue weighted by atomic mass is 10.0. The van der Waals surface area contributed by atoms with Crippen molar-refractivity contribution >= 4 is 11.6 Å². The van der Waals surface area contributed by atoms with Gasteiger partial charge in [0.1, 0.15) is 5.60 Å². The molecule has 1 aliphatic rings. The van der Waals surface area contributed by atoms with Crippen LogP contribution < -0.4 is 14.8 Å². The fourth-order valence-corrected chi connectivity index (χ4v) is 2.78. The first-order valence-corrected chi connectivity index (χ1v) is 7.26. The van der Waals surface area contributed by atoms with Gasteiger partial charge >= 0.3 is 0 Å². The summed E-state index contributed by atoms with van der Waals surface area (Å²) in [6.07, 6.45) is 0.906. The van der Waals surface area contributed by atoms with Crippen molar-refractivity contribution in [2.24, 2.45) is 0 Å². The highest BCUT2D eigenvalue weighted by atomic mass is 35.5. The van der Waals surface area contributed by atoms with Crippen LogP contribution in [0.15, 0.2) is 12.1 Å². The number of methoxy groups -OCH3 is 3. The molecule has 1 atom stereocenters. The maximum atomic E-state index is 6.20. The molecule has 0 radical (unpaired) electrons. The third kappa shape index (κ3) is 3.80. The summed E-state index contributed by atoms with van der Waals surface area (Å²) in [4.78, 5) is 0. The standard InChI is InChI=1S/C15H22ClNO4/c1-18-13-7-11(6-12(16)14(13)19-2)8-17-9-15(20-3)4-5-21-10-15/h6-7,17H,4-5,8-10H2,1-3H3. The van der Waals surface area contributed by atoms with E-state index in [0.29, 0.717) is 29.7 Å². The highest BCUT2D eigenvalue weighted by Gasteiger charge is 2.34. The highest BCUT2D eigenvalue weighted by molar-refractivity contribution is 6.32. The Balaban J connectivity index is 1.98. The molecule has 0 amide bonds. The average molecular weight is 316 g/mol. The maximum absolute atomic E-state index is 6.20. The molecule has 118 valence electrons. The first-order valence-electron chi connectivity index (χ1n) is 6.88. The lowest BCUT2D eigenvalue weighted by molar-refractivity contribution is -0.0159. The van der Waals surface area contributed by atoms with Crippen molar-refractivity contribution in [1.29, 1.82) is 0 Å². The molecule has 0 bridgehead atoms. The molecule has 0 aliphatic carbocycles. The van der Waals surface area contributed by atoms with E-state index in [1.165, 1.54) is 0 Å². The largest absolute Gasteiger partial charge is 0.493 e. The summed E-state index contributed by atoms with van der Waals surface area (Å²) < 4.78 is 21.5. The van der Waals surface area contributed by atoms with Crippen molar-refractivity contribution in [3.05, 3.63) is 22.7 Å². The molecule has 5 nitrogen and oxygen atoms in total. The summed E-state index contributed by atoms with van der Waals surface area (Å²) in [7, 11) is 4.90. The van der Waals surface area contributed by atoms with Gasteiger partial charge < -0.3 is 24.3 Å². The molecule has 0 aromatic heterocycles. The highest BCUT2D eigenvalue weighted by Crippen LogP contribution is 2.36. The number of hydrogen-bond acceptors (Lipinski definition) is 5. The van der Waals surface area contributed by atoms with E-state index < -0.39 is 0 Å². The van der Waals surface area contributed by atoms with Crippen LogP contribution in [0, 0.1) is 0 Å². The Labute approximate surface area is 130 Å². The SMILES string of the molecule is COc1cc(CNCC2(OC)CCOC2)cc(Cl)c1OC. The van der Waals surface area contributed by atoms with Crippen LogP contribution in [0.4, 0.5) is 0 Å². The van der Waals surface area contributed by atoms with Crippen molar-refractivity contribution in [2.75, 3.05) is 41.1 Å². The minimum absolute atomic E-state index is 0.222. The lowest BCUT2D eigenvalue weighted by Gasteiger charge is -2.26. The van der Waals surface area contributed by atoms with Crippen LogP contribution in [0.3, 0.4) is 0 Å². The third-order valence-corrected chi connectivity index (χ3v) is 4.05. The second-order valence-corrected chi connectivity index (χ2v) is 5.51. The van der Waals surface area contributed by atoms with Gasteiger partial charge in [-0.05, 0) is 17.7 Å². The van der Waals surface area contributed by atoms with Gasteiger partial charge in [0.25, 0.3) is 0 Å². The molecule has 0 spiro atoms. The van der Waals surface area contributed by atoms with Gasteiger partial charge in [0, 0.05) is 33.2 Å². The predicted octanol–water partition coefficient (Wildman–Crippen LogP) is 2.25. The van der Waals surface area contributed by atoms with E-state index >= 15 is 0 Å². The van der Waals surface area contributed by atoms with E-state index in [4.69, 9.17) is 30.5 Å². The van der Waals surface area contributed by atoms with Gasteiger partial charge in [-0.2, -0.15) is 0 Å². The summed E-state index contributed by atoms with van der Waals surface area (Å²) in [6, 6.07) is 3.79. The zero-order valence-electron chi connectivity index (χ0n) is 12.7. The molecule has 0 saturated carbocycles. The van der Waals surface area contributed by atoms with E-state index in [1.54, 1.807) is 21.3 Å². The Morgan fingerprint density at radius 1 is 1.29 bits per heavy atom. The van der Waals surface area contributed by atoms with Gasteiger partial charge in [-0.1, -0.05) is 11.6 Å². The number of rotatable bonds is 7. The Morgan fingerprint density at radius 3 is 2.67 bits per heavy atom. The molecule has 21 heavy (non-hydrogen) atoms. The monoisotopic (exact) mass is 315 g/mol. The second-order valence-electron chi connectivity index (χ2n) is 5.11. The second kappa shape index (κ2) is 7.31. The number of benzene rings is 1. The van der Waals surface area contributed by atoms with Gasteiger partial charge in [-0.15, -0.1) is 0 Å². The summed E-state index contributed by atoms with van der Waals surface area (Å²) >= 11 is 6.20. The summed E-state index contributed by atoms with van der Waals surface area (Å²) in [5.74, 6) is 1.19. The van der Waals surface area contributed by atoms with Crippen molar-refractivity contribution in [2.45, 2.75) is 18.6 Å². The molecule has 2 rings (SSSR count). The number of halogens is 1. The fourth-order valence-electron chi connectivity index (χ4n) is 2.47. The Hall–Kier alpha value is -1.01. The molecule has 6 heteroatoms. The fraction of sp³-hybridized carbons (Fsp3) is 0.600. The predicted molar refractivity (Wildman–Crippen MR) is 81.4 cm³/mol. The summed E-state index contributed by atoms with van der Waals surface area (Å²) in [5.41, 5.74) is 0.809. The average Bonchev–Trinajstić information content (AvgIpc) is 2.96. The summed E-state index contributed by atoms with van der Waals surface area (Å²) in [5, 5.41) is 3.93. The van der Waals surface area contributed by atoms with E-state index in [1.807, 2.05) is 12.1 Å². The van der Waals surface area contributed by atoms with Crippen molar-refractivity contribution in [3.63, 3.8) is 0 Å². The molecule has 1 aliphatic heterocycles. The zero-order chi connectivity index (χ0) is 15.3. The van der Waals surface area contributed by atoms with Crippen LogP contribution in [0.5, 0.6) is 11.5 Å². The van der Waals surface area contributed by atoms with Gasteiger partial charge in [-0.3, -0.25) is 0 Å². The topological polar surface area (TPSA) is 49.0 Å². The molecule has 1 aromatic rings. The molecule has 1 aromatic carbocycles. The minimum atomic E-state index is -0.222. The van der Waals surface area contributed by atoms with E-state index in [0.717, 1.165) is 25.1 Å². The Bertz CT molecular complexity index is 475. The van der Waals surface area contributed by atoms with Gasteiger partial charge in [0.2, 0.25) is 0 Å². The van der Waals surface area contributed by atoms with Gasteiger partial charge in [0.15, 0.2) is 11.5 Å². The first-order chi connectivity index (χ1) is 10.1. The van der Waals surface area contributed by atoms with Crippen LogP contribution in [0.25, 0.3) is 0 Å². The maximum Gasteiger partial charge on any atom is 0.179 e. The quantitative estimate of drug-likeness (QED) is 0.836. The van der Waals surface area contributed by atoms with E-state index in [9.17, 15) is 0 Å². The molecule has 1 saturated heterocycles. The number of ether oxygens (including phenoxy) is 4. The Kier molecular flexibility index (Phi) is 5.70. The molecular formula is C15H22ClNO4. The van der Waals surface area contributed by atoms with Crippen LogP contribution in [-0.2, 0) is 16.0 Å². The van der Waals surface area contributed by atoms with Crippen LogP contribution in [0.2, 0.25) is 5.02 Å². The number of nitrogens with one attached hydrogen (secondary N) is 1. The van der Waals surface area contributed by atoms with Crippen molar-refractivity contribution in [1.82, 2.24) is 5.32 Å². The molecule has 1 N–H and O–H groups in total. The lowest BCUT2D eigenvalue weighted by Crippen LogP contribution is -2.42. The van der Waals surface area contributed by atoms with Crippen molar-refractivity contribution < 1.29 is 18.9 Å². The van der Waals surface area contributed by atoms with Gasteiger partial charge in [0.05, 0.1) is 25.8 Å². The molecule has 1 fully saturated rings. The zero-order valence-corrected chi connectivity index (χ0v) is 13.5. The molecular weight excluding hydrogens is 294 g/mol. The van der Waals surface area contributed by atoms with E-state index in [-0.39, 0.29) is 5.60 Å².